The summed E-state index contributed by atoms with van der Waals surface area (Å²) in [5.41, 5.74) is 11.4. The van der Waals surface area contributed by atoms with E-state index in [1.165, 1.54) is 45.1 Å². The number of carbonyl (C=O) groups is 5. The van der Waals surface area contributed by atoms with Gasteiger partial charge in [-0.1, -0.05) is 134 Å². The van der Waals surface area contributed by atoms with Crippen LogP contribution in [-0.4, -0.2) is 186 Å². The van der Waals surface area contributed by atoms with Gasteiger partial charge in [0.2, 0.25) is 29.5 Å². The zero-order valence-corrected chi connectivity index (χ0v) is 70.6. The molecule has 0 aliphatic carbocycles. The quantitative estimate of drug-likeness (QED) is 0.0531. The summed E-state index contributed by atoms with van der Waals surface area (Å²) in [6.07, 6.45) is 5.54. The fourth-order valence-electron chi connectivity index (χ4n) is 12.3. The summed E-state index contributed by atoms with van der Waals surface area (Å²) in [5.74, 6) is 0.121. The van der Waals surface area contributed by atoms with Gasteiger partial charge in [0.25, 0.3) is 17.7 Å². The standard InChI is InChI=1S/C27H27Cl3N6O4.C22H19Cl3N6O2.C15H22ClN3O2.C13H9Cl2N3O2S/c1-27(2,3)40-26(38)35-11-9-34(10-12-35)21-8-7-16(13-20(21)30)32-25-31-14-17-23(33-25)39-15-36(24(17)37)22-18(28)5-4-6-19(22)29;23-15-2-1-3-16(24)19(15)31-12-33-20-14(21(31)32)11-27-22(29-20)28-13-4-5-18(17(25)10-13)30-8-6-26-7-9-30;1-15(2,3)21-14(20)19-8-6-18(7-9-19)13-5-4-11(17)10-12(13)16;1-21-13-16-5-7-11(17-13)20-6-18(12(7)19)10-8(14)3-2-4-9(10)15/h4-8,13-14H,9-12,15H2,1-3H3,(H,31,32,33);1-5,10-11,26H,6-9,12H2,(H,27,28,29);4-5,10H,6-9,17H2,1-3H3;2-5H,6H2,1H3. The molecule has 28 nitrogen and oxygen atoms in total. The third kappa shape index (κ3) is 20.9. The van der Waals surface area contributed by atoms with Crippen LogP contribution in [0, 0.1) is 0 Å². The number of nitrogens with one attached hydrogen (secondary N) is 3. The molecule has 38 heteroatoms. The second-order valence-electron chi connectivity index (χ2n) is 28.1. The van der Waals surface area contributed by atoms with Crippen molar-refractivity contribution in [3.8, 4) is 17.6 Å². The molecule has 0 radical (unpaired) electrons. The third-order valence-corrected chi connectivity index (χ3v) is 21.1. The molecule has 0 bridgehead atoms. The maximum absolute atomic E-state index is 13.1. The predicted molar refractivity (Wildman–Crippen MR) is 455 cm³/mol. The Hall–Kier alpha value is -9.37. The second-order valence-corrected chi connectivity index (χ2v) is 32.5. The van der Waals surface area contributed by atoms with Gasteiger partial charge < -0.3 is 69.9 Å². The molecule has 0 unspecified atom stereocenters. The van der Waals surface area contributed by atoms with Crippen LogP contribution in [0.15, 0.2) is 133 Å². The molecule has 3 aromatic heterocycles. The molecule has 5 N–H and O–H groups in total. The molecule has 115 heavy (non-hydrogen) atoms. The lowest BCUT2D eigenvalue weighted by molar-refractivity contribution is 0.0230. The van der Waals surface area contributed by atoms with Crippen LogP contribution < -0.4 is 65.3 Å². The van der Waals surface area contributed by atoms with Crippen LogP contribution in [0.3, 0.4) is 0 Å². The van der Waals surface area contributed by atoms with Gasteiger partial charge in [-0.15, -0.1) is 0 Å². The highest BCUT2D eigenvalue weighted by molar-refractivity contribution is 7.98. The lowest BCUT2D eigenvalue weighted by Crippen LogP contribution is -2.50. The van der Waals surface area contributed by atoms with Crippen molar-refractivity contribution in [3.05, 3.63) is 190 Å². The van der Waals surface area contributed by atoms with E-state index < -0.39 is 11.2 Å². The van der Waals surface area contributed by atoms with Gasteiger partial charge in [-0.25, -0.2) is 24.5 Å². The minimum absolute atomic E-state index is 0.000120. The molecule has 604 valence electrons. The number of aromatic nitrogens is 6. The highest BCUT2D eigenvalue weighted by Gasteiger charge is 2.36. The number of para-hydroxylation sites is 3. The number of nitrogens with zero attached hydrogens (tertiary/aromatic N) is 14. The van der Waals surface area contributed by atoms with E-state index in [0.29, 0.717) is 118 Å². The molecule has 15 rings (SSSR count). The Morgan fingerprint density at radius 2 is 0.774 bits per heavy atom. The topological polar surface area (TPSA) is 297 Å². The van der Waals surface area contributed by atoms with Gasteiger partial charge in [-0.2, -0.15) is 15.0 Å². The van der Waals surface area contributed by atoms with E-state index in [1.54, 1.807) is 76.5 Å². The van der Waals surface area contributed by atoms with Crippen molar-refractivity contribution in [2.24, 2.45) is 0 Å². The maximum atomic E-state index is 13.1. The zero-order valence-electron chi connectivity index (χ0n) is 63.0. The molecule has 0 atom stereocenters. The van der Waals surface area contributed by atoms with Gasteiger partial charge in [0, 0.05) is 114 Å². The summed E-state index contributed by atoms with van der Waals surface area (Å²) >= 11 is 58.1. The summed E-state index contributed by atoms with van der Waals surface area (Å²) in [7, 11) is 0. The predicted octanol–water partition coefficient (Wildman–Crippen LogP) is 17.3. The van der Waals surface area contributed by atoms with Crippen LogP contribution in [0.5, 0.6) is 17.6 Å². The lowest BCUT2D eigenvalue weighted by atomic mass is 10.2. The fraction of sp³-hybridized carbons (Fsp3) is 0.312. The van der Waals surface area contributed by atoms with Crippen molar-refractivity contribution in [3.63, 3.8) is 0 Å². The number of nitrogen functional groups attached to an aromatic ring is 1. The molecular formula is C77H77Cl9N18O10S. The molecule has 6 aromatic carbocycles. The Morgan fingerprint density at radius 3 is 1.11 bits per heavy atom. The van der Waals surface area contributed by atoms with Gasteiger partial charge in [-0.05, 0) is 139 Å². The second kappa shape index (κ2) is 37.3. The molecule has 9 heterocycles. The number of nitrogens with two attached hydrogens (primary N) is 1. The molecular weight excluding hydrogens is 1690 g/mol. The minimum Gasteiger partial charge on any atom is -0.455 e. The minimum atomic E-state index is -0.533. The van der Waals surface area contributed by atoms with E-state index >= 15 is 0 Å². The fourth-order valence-corrected chi connectivity index (χ4v) is 15.4. The van der Waals surface area contributed by atoms with E-state index in [4.69, 9.17) is 134 Å². The number of carbonyl (C=O) groups excluding carboxylic acids is 5. The first kappa shape index (κ1) is 85.0. The van der Waals surface area contributed by atoms with Crippen LogP contribution >= 0.6 is 116 Å². The van der Waals surface area contributed by atoms with E-state index in [1.807, 2.05) is 90.3 Å². The first-order valence-corrected chi connectivity index (χ1v) is 40.4. The van der Waals surface area contributed by atoms with E-state index in [-0.39, 0.29) is 96.3 Å². The summed E-state index contributed by atoms with van der Waals surface area (Å²) in [6.45, 7) is 19.7. The van der Waals surface area contributed by atoms with Crippen molar-refractivity contribution in [2.75, 3.05) is 151 Å². The number of piperazine rings is 3. The Balaban J connectivity index is 0.000000147. The molecule has 0 spiro atoms. The number of ether oxygens (including phenoxy) is 5. The largest absolute Gasteiger partial charge is 0.455 e. The molecule has 3 saturated heterocycles. The number of rotatable bonds is 11. The van der Waals surface area contributed by atoms with Crippen LogP contribution in [0.4, 0.5) is 72.7 Å². The lowest BCUT2D eigenvalue weighted by Gasteiger charge is -2.37. The van der Waals surface area contributed by atoms with E-state index in [2.05, 4.69) is 60.6 Å². The number of anilines is 11. The van der Waals surface area contributed by atoms with Crippen LogP contribution in [0.1, 0.15) is 72.6 Å². The SMILES string of the molecule is CC(C)(C)OC(=O)N1CCN(c2ccc(N)cc2Cl)CC1.CC(C)(C)OC(=O)N1CCN(c2ccc(Nc3ncc4c(n3)OCN(c3c(Cl)cccc3Cl)C4=O)cc2Cl)CC1.CSc1ncc2c(n1)OCN(c1c(Cl)cccc1Cl)C2=O.O=C1c2cnc(Nc3ccc(N4CCNCC4)c(Cl)c3)nc2OCN1c1c(Cl)cccc1Cl. The van der Waals surface area contributed by atoms with Crippen LogP contribution in [0.25, 0.3) is 0 Å². The highest BCUT2D eigenvalue weighted by atomic mass is 35.5. The summed E-state index contributed by atoms with van der Waals surface area (Å²) in [5, 5.41) is 14.0. The van der Waals surface area contributed by atoms with Gasteiger partial charge in [0.05, 0.1) is 79.3 Å². The molecule has 6 aliphatic rings. The molecule has 5 amide bonds. The normalized spacial score (nSPS) is 15.4. The van der Waals surface area contributed by atoms with Crippen LogP contribution in [0.2, 0.25) is 45.2 Å². The van der Waals surface area contributed by atoms with Gasteiger partial charge in [0.15, 0.2) is 25.3 Å². The van der Waals surface area contributed by atoms with Crippen LogP contribution in [-0.2, 0) is 9.47 Å². The average molecular weight is 1770 g/mol. The van der Waals surface area contributed by atoms with Gasteiger partial charge in [0.1, 0.15) is 27.9 Å². The number of fused-ring (bicyclic) bond motifs is 3. The Labute approximate surface area is 712 Å². The summed E-state index contributed by atoms with van der Waals surface area (Å²) in [6, 6.07) is 31.8. The smallest absolute Gasteiger partial charge is 0.410 e. The van der Waals surface area contributed by atoms with Gasteiger partial charge in [-0.3, -0.25) is 29.1 Å². The Morgan fingerprint density at radius 1 is 0.443 bits per heavy atom. The van der Waals surface area contributed by atoms with Gasteiger partial charge >= 0.3 is 12.2 Å². The summed E-state index contributed by atoms with van der Waals surface area (Å²) < 4.78 is 27.9. The monoisotopic (exact) mass is 1760 g/mol. The molecule has 9 aromatic rings. The molecule has 6 aliphatic heterocycles. The van der Waals surface area contributed by atoms with Crippen molar-refractivity contribution in [1.82, 2.24) is 45.0 Å². The number of hydrogen-bond acceptors (Lipinski definition) is 24. The number of amides is 5. The average Bonchev–Trinajstić information content (AvgIpc) is 0.779. The van der Waals surface area contributed by atoms with Crippen molar-refractivity contribution < 1.29 is 47.7 Å². The maximum Gasteiger partial charge on any atom is 0.410 e. The first-order valence-electron chi connectivity index (χ1n) is 35.8. The van der Waals surface area contributed by atoms with Crippen molar-refractivity contribution >= 4 is 209 Å². The Kier molecular flexibility index (Phi) is 27.6. The van der Waals surface area contributed by atoms with Crippen molar-refractivity contribution in [2.45, 2.75) is 57.9 Å². The third-order valence-electron chi connectivity index (χ3n) is 17.8. The Bertz CT molecular complexity index is 5070. The van der Waals surface area contributed by atoms with Crippen molar-refractivity contribution in [1.29, 1.82) is 0 Å². The van der Waals surface area contributed by atoms with E-state index in [0.717, 1.165) is 62.0 Å². The molecule has 0 saturated carbocycles. The first-order chi connectivity index (χ1) is 54.9. The zero-order chi connectivity index (χ0) is 82.2. The number of hydrogen-bond donors (Lipinski definition) is 4. The number of thioether (sulfide) groups is 1. The number of halogens is 9. The number of benzene rings is 6. The van der Waals surface area contributed by atoms with E-state index in [9.17, 15) is 24.0 Å². The summed E-state index contributed by atoms with van der Waals surface area (Å²) in [4.78, 5) is 103. The highest BCUT2D eigenvalue weighted by Crippen LogP contribution is 2.42. The molecule has 3 fully saturated rings.